The lowest BCUT2D eigenvalue weighted by atomic mass is 10.1. The molecule has 0 spiro atoms. The van der Waals surface area contributed by atoms with Crippen LogP contribution in [0.3, 0.4) is 0 Å². The molecule has 0 saturated heterocycles. The average Bonchev–Trinajstić information content (AvgIpc) is 2.18. The number of nitrogens with zero attached hydrogens (tertiary/aromatic N) is 3. The van der Waals surface area contributed by atoms with Crippen molar-refractivity contribution in [2.45, 2.75) is 18.6 Å². The monoisotopic (exact) mass is 179 g/mol. The van der Waals surface area contributed by atoms with E-state index in [1.807, 2.05) is 0 Å². The maximum Gasteiger partial charge on any atom is 0.124 e. The molecule has 0 aromatic carbocycles. The van der Waals surface area contributed by atoms with Gasteiger partial charge in [-0.15, -0.1) is 0 Å². The lowest BCUT2D eigenvalue weighted by molar-refractivity contribution is 0.0188. The van der Waals surface area contributed by atoms with E-state index in [0.29, 0.717) is 0 Å². The molecule has 0 aliphatic heterocycles. The number of nitriles is 1. The van der Waals surface area contributed by atoms with Gasteiger partial charge in [0.1, 0.15) is 6.10 Å². The third-order valence-electron chi connectivity index (χ3n) is 1.55. The summed E-state index contributed by atoms with van der Waals surface area (Å²) in [4.78, 5) is 7.53. The Bertz CT molecular complexity index is 296. The maximum absolute atomic E-state index is 9.42. The molecule has 2 unspecified atom stereocenters. The van der Waals surface area contributed by atoms with Crippen LogP contribution < -0.4 is 0 Å². The second-order valence-corrected chi connectivity index (χ2v) is 2.50. The summed E-state index contributed by atoms with van der Waals surface area (Å²) >= 11 is 0. The first-order valence-corrected chi connectivity index (χ1v) is 3.74. The fourth-order valence-corrected chi connectivity index (χ4v) is 0.866. The van der Waals surface area contributed by atoms with Crippen molar-refractivity contribution >= 4 is 0 Å². The van der Waals surface area contributed by atoms with Gasteiger partial charge in [0.2, 0.25) is 0 Å². The first kappa shape index (κ1) is 9.58. The summed E-state index contributed by atoms with van der Waals surface area (Å²) in [5, 5.41) is 26.9. The Balaban J connectivity index is 2.69. The Morgan fingerprint density at radius 2 is 2.23 bits per heavy atom. The smallest absolute Gasteiger partial charge is 0.124 e. The lowest BCUT2D eigenvalue weighted by Gasteiger charge is -2.13. The molecule has 68 valence electrons. The summed E-state index contributed by atoms with van der Waals surface area (Å²) in [5.74, 6) is 0. The molecule has 2 N–H and O–H groups in total. The Kier molecular flexibility index (Phi) is 3.31. The molecule has 2 atom stereocenters. The zero-order valence-electron chi connectivity index (χ0n) is 6.83. The van der Waals surface area contributed by atoms with Crippen molar-refractivity contribution in [3.05, 3.63) is 24.3 Å². The number of rotatable bonds is 3. The zero-order valence-corrected chi connectivity index (χ0v) is 6.83. The summed E-state index contributed by atoms with van der Waals surface area (Å²) in [6.07, 6.45) is 1.85. The van der Waals surface area contributed by atoms with E-state index in [-0.39, 0.29) is 12.1 Å². The molecule has 5 heteroatoms. The van der Waals surface area contributed by atoms with Crippen LogP contribution in [0.1, 0.15) is 18.2 Å². The Morgan fingerprint density at radius 1 is 1.46 bits per heavy atom. The quantitative estimate of drug-likeness (QED) is 0.669. The molecule has 5 nitrogen and oxygen atoms in total. The van der Waals surface area contributed by atoms with Crippen LogP contribution in [0.25, 0.3) is 0 Å². The molecule has 1 aromatic heterocycles. The molecule has 0 bridgehead atoms. The molecular weight excluding hydrogens is 170 g/mol. The molecule has 13 heavy (non-hydrogen) atoms. The lowest BCUT2D eigenvalue weighted by Crippen LogP contribution is -2.18. The molecule has 0 aliphatic carbocycles. The van der Waals surface area contributed by atoms with Crippen molar-refractivity contribution in [2.75, 3.05) is 0 Å². The molecule has 1 heterocycles. The first-order chi connectivity index (χ1) is 6.25. The van der Waals surface area contributed by atoms with Gasteiger partial charge >= 0.3 is 0 Å². The van der Waals surface area contributed by atoms with Crippen LogP contribution in [0.15, 0.2) is 18.6 Å². The van der Waals surface area contributed by atoms with E-state index in [9.17, 15) is 10.2 Å². The van der Waals surface area contributed by atoms with Crippen LogP contribution in [0.4, 0.5) is 0 Å². The highest BCUT2D eigenvalue weighted by Gasteiger charge is 2.18. The highest BCUT2D eigenvalue weighted by Crippen LogP contribution is 2.14. The molecule has 0 amide bonds. The topological polar surface area (TPSA) is 90.0 Å². The van der Waals surface area contributed by atoms with Gasteiger partial charge in [0.15, 0.2) is 0 Å². The molecule has 1 aromatic rings. The van der Waals surface area contributed by atoms with E-state index in [0.717, 1.165) is 0 Å². The first-order valence-electron chi connectivity index (χ1n) is 3.74. The van der Waals surface area contributed by atoms with E-state index in [4.69, 9.17) is 5.26 Å². The van der Waals surface area contributed by atoms with Crippen LogP contribution in [-0.4, -0.2) is 26.3 Å². The zero-order chi connectivity index (χ0) is 9.68. The Hall–Kier alpha value is -1.51. The number of aliphatic hydroxyl groups excluding tert-OH is 2. The molecule has 1 rings (SSSR count). The van der Waals surface area contributed by atoms with Crippen molar-refractivity contribution in [3.63, 3.8) is 0 Å². The second-order valence-electron chi connectivity index (χ2n) is 2.50. The molecule has 0 fully saturated rings. The Labute approximate surface area is 75.3 Å². The minimum atomic E-state index is -1.15. The minimum absolute atomic E-state index is 0.127. The summed E-state index contributed by atoms with van der Waals surface area (Å²) < 4.78 is 0. The summed E-state index contributed by atoms with van der Waals surface area (Å²) in [6.45, 7) is 0. The predicted octanol–water partition coefficient (Wildman–Crippen LogP) is -0.215. The average molecular weight is 179 g/mol. The normalized spacial score (nSPS) is 14.5. The SMILES string of the molecule is N#CCC(O)C(O)c1cnccn1. The third kappa shape index (κ3) is 2.47. The van der Waals surface area contributed by atoms with E-state index in [2.05, 4.69) is 9.97 Å². The second kappa shape index (κ2) is 4.50. The molecule has 0 saturated carbocycles. The van der Waals surface area contributed by atoms with Crippen molar-refractivity contribution < 1.29 is 10.2 Å². The fraction of sp³-hybridized carbons (Fsp3) is 0.375. The summed E-state index contributed by atoms with van der Waals surface area (Å²) in [5.41, 5.74) is 0.269. The van der Waals surface area contributed by atoms with Gasteiger partial charge in [0, 0.05) is 12.4 Å². The van der Waals surface area contributed by atoms with Gasteiger partial charge in [-0.1, -0.05) is 0 Å². The molecular formula is C8H9N3O2. The Morgan fingerprint density at radius 3 is 2.77 bits per heavy atom. The highest BCUT2D eigenvalue weighted by molar-refractivity contribution is 5.02. The van der Waals surface area contributed by atoms with Gasteiger partial charge in [-0.05, 0) is 0 Å². The minimum Gasteiger partial charge on any atom is -0.389 e. The van der Waals surface area contributed by atoms with Gasteiger partial charge in [0.25, 0.3) is 0 Å². The van der Waals surface area contributed by atoms with E-state index in [1.54, 1.807) is 6.07 Å². The predicted molar refractivity (Wildman–Crippen MR) is 43.2 cm³/mol. The van der Waals surface area contributed by atoms with Crippen molar-refractivity contribution in [1.29, 1.82) is 5.26 Å². The van der Waals surface area contributed by atoms with Gasteiger partial charge in [-0.2, -0.15) is 5.26 Å². The van der Waals surface area contributed by atoms with Crippen LogP contribution in [0.5, 0.6) is 0 Å². The number of hydrogen-bond donors (Lipinski definition) is 2. The van der Waals surface area contributed by atoms with Crippen LogP contribution in [-0.2, 0) is 0 Å². The van der Waals surface area contributed by atoms with Crippen molar-refractivity contribution in [1.82, 2.24) is 9.97 Å². The van der Waals surface area contributed by atoms with Crippen LogP contribution in [0, 0.1) is 11.3 Å². The van der Waals surface area contributed by atoms with Gasteiger partial charge in [-0.25, -0.2) is 0 Å². The van der Waals surface area contributed by atoms with Crippen LogP contribution >= 0.6 is 0 Å². The van der Waals surface area contributed by atoms with E-state index < -0.39 is 12.2 Å². The number of aromatic nitrogens is 2. The number of aliphatic hydroxyl groups is 2. The van der Waals surface area contributed by atoms with E-state index in [1.165, 1.54) is 18.6 Å². The van der Waals surface area contributed by atoms with Crippen molar-refractivity contribution in [3.8, 4) is 6.07 Å². The molecule has 0 radical (unpaired) electrons. The standard InChI is InChI=1S/C8H9N3O2/c9-2-1-7(12)8(13)6-5-10-3-4-11-6/h3-5,7-8,12-13H,1H2. The van der Waals surface area contributed by atoms with Gasteiger partial charge < -0.3 is 10.2 Å². The summed E-state index contributed by atoms with van der Waals surface area (Å²) in [7, 11) is 0. The van der Waals surface area contributed by atoms with Gasteiger partial charge in [0.05, 0.1) is 30.5 Å². The van der Waals surface area contributed by atoms with Gasteiger partial charge in [-0.3, -0.25) is 9.97 Å². The van der Waals surface area contributed by atoms with Crippen LogP contribution in [0.2, 0.25) is 0 Å². The third-order valence-corrected chi connectivity index (χ3v) is 1.55. The highest BCUT2D eigenvalue weighted by atomic mass is 16.3. The fourth-order valence-electron chi connectivity index (χ4n) is 0.866. The van der Waals surface area contributed by atoms with E-state index >= 15 is 0 Å². The maximum atomic E-state index is 9.42. The largest absolute Gasteiger partial charge is 0.389 e. The molecule has 0 aliphatic rings. The summed E-state index contributed by atoms with van der Waals surface area (Å²) in [6, 6.07) is 1.76. The van der Waals surface area contributed by atoms with Crippen molar-refractivity contribution in [2.24, 2.45) is 0 Å². The number of hydrogen-bond acceptors (Lipinski definition) is 5.